The number of nitrogens with zero attached hydrogens (tertiary/aromatic N) is 1. The van der Waals surface area contributed by atoms with Crippen LogP contribution >= 0.6 is 0 Å². The third kappa shape index (κ3) is 3.24. The van der Waals surface area contributed by atoms with Gasteiger partial charge in [-0.15, -0.1) is 0 Å². The molecule has 102 valence electrons. The standard InChI is InChI=1S/C15H25NO2/c1-6-15(17,12(2)11-16(3)4)13-8-7-9-14(10-13)18-5/h7-10,12,17H,6,11H2,1-5H3/p+1/t12-,15+/m0/s1. The summed E-state index contributed by atoms with van der Waals surface area (Å²) in [6.45, 7) is 5.14. The molecule has 0 radical (unpaired) electrons. The predicted octanol–water partition coefficient (Wildman–Crippen LogP) is 2.22. The quantitative estimate of drug-likeness (QED) is 0.728. The maximum absolute atomic E-state index is 8.80. The van der Waals surface area contributed by atoms with Crippen molar-refractivity contribution in [1.29, 1.82) is 0 Å². The first kappa shape index (κ1) is 15.0. The Kier molecular flexibility index (Phi) is 5.17. The summed E-state index contributed by atoms with van der Waals surface area (Å²) in [5.74, 6) is 1.10. The van der Waals surface area contributed by atoms with Gasteiger partial charge >= 0.3 is 0 Å². The Labute approximate surface area is 110 Å². The summed E-state index contributed by atoms with van der Waals surface area (Å²) in [7, 11) is 5.77. The molecule has 18 heavy (non-hydrogen) atoms. The Morgan fingerprint density at radius 2 is 2.06 bits per heavy atom. The fraction of sp³-hybridized carbons (Fsp3) is 0.600. The first-order valence-corrected chi connectivity index (χ1v) is 6.48. The van der Waals surface area contributed by atoms with Crippen LogP contribution in [0.2, 0.25) is 0 Å². The summed E-state index contributed by atoms with van der Waals surface area (Å²) < 4.78 is 5.26. The Morgan fingerprint density at radius 3 is 2.56 bits per heavy atom. The molecule has 0 saturated heterocycles. The molecule has 0 fully saturated rings. The van der Waals surface area contributed by atoms with Crippen molar-refractivity contribution in [2.24, 2.45) is 5.92 Å². The molecule has 0 heterocycles. The van der Waals surface area contributed by atoms with Crippen molar-refractivity contribution in [3.63, 3.8) is 0 Å². The van der Waals surface area contributed by atoms with E-state index >= 15 is 0 Å². The Hall–Kier alpha value is -1.06. The molecule has 0 saturated carbocycles. The van der Waals surface area contributed by atoms with Gasteiger partial charge in [-0.05, 0) is 26.2 Å². The molecule has 0 aliphatic rings. The minimum absolute atomic E-state index is 0.268. The van der Waals surface area contributed by atoms with Crippen molar-refractivity contribution in [2.45, 2.75) is 25.9 Å². The average Bonchev–Trinajstić information content (AvgIpc) is 2.37. The van der Waals surface area contributed by atoms with E-state index in [1.807, 2.05) is 24.3 Å². The highest BCUT2D eigenvalue weighted by molar-refractivity contribution is 5.32. The van der Waals surface area contributed by atoms with Gasteiger partial charge in [-0.2, -0.15) is 0 Å². The molecule has 0 amide bonds. The highest BCUT2D eigenvalue weighted by atomic mass is 16.5. The summed E-state index contributed by atoms with van der Waals surface area (Å²) in [6, 6.07) is 7.92. The lowest BCUT2D eigenvalue weighted by molar-refractivity contribution is -0.0293. The summed E-state index contributed by atoms with van der Waals surface area (Å²) in [5.41, 5.74) is 0.484. The molecule has 3 nitrogen and oxygen atoms in total. The molecule has 0 bridgehead atoms. The van der Waals surface area contributed by atoms with Gasteiger partial charge < -0.3 is 14.7 Å². The van der Waals surface area contributed by atoms with Crippen LogP contribution in [0.4, 0.5) is 0 Å². The number of benzene rings is 1. The SMILES string of the molecule is CC[C@]([OH2+])(c1cccc(OC)c1)[C@@H](C)CN(C)C. The number of methoxy groups -OCH3 is 1. The number of ether oxygens (including phenoxy) is 1. The minimum atomic E-state index is -0.557. The van der Waals surface area contributed by atoms with Crippen molar-refractivity contribution in [3.8, 4) is 5.75 Å². The first-order valence-electron chi connectivity index (χ1n) is 6.48. The molecule has 0 aliphatic heterocycles. The van der Waals surface area contributed by atoms with Gasteiger partial charge in [-0.3, -0.25) is 0 Å². The van der Waals surface area contributed by atoms with Gasteiger partial charge in [0, 0.05) is 24.4 Å². The van der Waals surface area contributed by atoms with Gasteiger partial charge in [-0.1, -0.05) is 26.0 Å². The van der Waals surface area contributed by atoms with Crippen LogP contribution in [0, 0.1) is 5.92 Å². The molecule has 0 spiro atoms. The van der Waals surface area contributed by atoms with E-state index in [-0.39, 0.29) is 5.92 Å². The van der Waals surface area contributed by atoms with Crippen molar-refractivity contribution in [3.05, 3.63) is 29.8 Å². The lowest BCUT2D eigenvalue weighted by Crippen LogP contribution is -2.38. The molecule has 2 atom stereocenters. The van der Waals surface area contributed by atoms with Crippen molar-refractivity contribution in [1.82, 2.24) is 4.90 Å². The van der Waals surface area contributed by atoms with E-state index in [4.69, 9.17) is 9.84 Å². The van der Waals surface area contributed by atoms with Crippen LogP contribution < -0.4 is 4.74 Å². The molecular weight excluding hydrogens is 226 g/mol. The zero-order valence-corrected chi connectivity index (χ0v) is 12.2. The van der Waals surface area contributed by atoms with Crippen molar-refractivity contribution in [2.75, 3.05) is 27.7 Å². The van der Waals surface area contributed by atoms with Crippen LogP contribution in [0.5, 0.6) is 5.75 Å². The van der Waals surface area contributed by atoms with Gasteiger partial charge in [0.05, 0.1) is 7.11 Å². The van der Waals surface area contributed by atoms with Crippen molar-refractivity contribution >= 4 is 0 Å². The molecule has 0 unspecified atom stereocenters. The maximum Gasteiger partial charge on any atom is 0.193 e. The molecule has 0 aliphatic carbocycles. The molecule has 3 heteroatoms. The number of hydrogen-bond acceptors (Lipinski definition) is 2. The zero-order valence-electron chi connectivity index (χ0n) is 12.2. The second kappa shape index (κ2) is 6.21. The van der Waals surface area contributed by atoms with Gasteiger partial charge in [0.15, 0.2) is 5.60 Å². The van der Waals surface area contributed by atoms with Crippen molar-refractivity contribution < 1.29 is 9.84 Å². The second-order valence-corrected chi connectivity index (χ2v) is 5.22. The third-order valence-electron chi connectivity index (χ3n) is 3.62. The normalized spacial score (nSPS) is 16.4. The van der Waals surface area contributed by atoms with Gasteiger partial charge in [0.2, 0.25) is 0 Å². The zero-order chi connectivity index (χ0) is 13.8. The van der Waals surface area contributed by atoms with E-state index in [9.17, 15) is 0 Å². The summed E-state index contributed by atoms with van der Waals surface area (Å²) in [5, 5.41) is 8.80. The van der Waals surface area contributed by atoms with Gasteiger partial charge in [-0.25, -0.2) is 0 Å². The van der Waals surface area contributed by atoms with Crippen LogP contribution in [-0.4, -0.2) is 37.8 Å². The first-order chi connectivity index (χ1) is 8.43. The van der Waals surface area contributed by atoms with Gasteiger partial charge in [0.25, 0.3) is 0 Å². The Morgan fingerprint density at radius 1 is 1.39 bits per heavy atom. The van der Waals surface area contributed by atoms with E-state index in [0.717, 1.165) is 24.3 Å². The van der Waals surface area contributed by atoms with E-state index in [1.165, 1.54) is 0 Å². The summed E-state index contributed by atoms with van der Waals surface area (Å²) in [4.78, 5) is 2.14. The van der Waals surface area contributed by atoms with E-state index in [2.05, 4.69) is 32.8 Å². The number of rotatable bonds is 6. The van der Waals surface area contributed by atoms with Crippen LogP contribution in [0.25, 0.3) is 0 Å². The van der Waals surface area contributed by atoms with Crippen LogP contribution in [0.15, 0.2) is 24.3 Å². The monoisotopic (exact) mass is 252 g/mol. The second-order valence-electron chi connectivity index (χ2n) is 5.22. The largest absolute Gasteiger partial charge is 0.497 e. The third-order valence-corrected chi connectivity index (χ3v) is 3.62. The minimum Gasteiger partial charge on any atom is -0.497 e. The van der Waals surface area contributed by atoms with E-state index in [1.54, 1.807) is 7.11 Å². The molecule has 1 rings (SSSR count). The molecular formula is C15H26NO2+. The highest BCUT2D eigenvalue weighted by Crippen LogP contribution is 2.34. The summed E-state index contributed by atoms with van der Waals surface area (Å²) >= 11 is 0. The molecule has 1 aromatic rings. The topological polar surface area (TPSA) is 35.4 Å². The van der Waals surface area contributed by atoms with Crippen LogP contribution in [-0.2, 0) is 5.60 Å². The maximum atomic E-state index is 8.80. The smallest absolute Gasteiger partial charge is 0.193 e. The summed E-state index contributed by atoms with van der Waals surface area (Å²) in [6.07, 6.45) is 0.801. The lowest BCUT2D eigenvalue weighted by Gasteiger charge is -2.31. The fourth-order valence-corrected chi connectivity index (χ4v) is 2.44. The van der Waals surface area contributed by atoms with E-state index < -0.39 is 5.60 Å². The molecule has 0 aromatic heterocycles. The molecule has 1 aromatic carbocycles. The average molecular weight is 252 g/mol. The van der Waals surface area contributed by atoms with Gasteiger partial charge in [0.1, 0.15) is 5.75 Å². The van der Waals surface area contributed by atoms with Crippen LogP contribution in [0.3, 0.4) is 0 Å². The van der Waals surface area contributed by atoms with E-state index in [0.29, 0.717) is 0 Å². The lowest BCUT2D eigenvalue weighted by atomic mass is 9.80. The Bertz CT molecular complexity index is 379. The predicted molar refractivity (Wildman–Crippen MR) is 76.3 cm³/mol. The number of hydrogen-bond donors (Lipinski definition) is 0. The van der Waals surface area contributed by atoms with Crippen LogP contribution in [0.1, 0.15) is 25.8 Å². The Balaban J connectivity index is 3.05. The molecule has 2 N–H and O–H groups in total. The fourth-order valence-electron chi connectivity index (χ4n) is 2.44. The highest BCUT2D eigenvalue weighted by Gasteiger charge is 2.39.